The summed E-state index contributed by atoms with van der Waals surface area (Å²) in [5.74, 6) is 0.147. The first-order chi connectivity index (χ1) is 11.2. The number of benzene rings is 1. The van der Waals surface area contributed by atoms with E-state index in [1.54, 1.807) is 0 Å². The van der Waals surface area contributed by atoms with Crippen LogP contribution in [0.1, 0.15) is 54.0 Å². The molecule has 4 heteroatoms. The zero-order valence-corrected chi connectivity index (χ0v) is 13.9. The molecule has 0 bridgehead atoms. The number of fused-ring (bicyclic) bond motifs is 1. The lowest BCUT2D eigenvalue weighted by molar-refractivity contribution is -0.137. The van der Waals surface area contributed by atoms with Crippen molar-refractivity contribution in [2.24, 2.45) is 0 Å². The molecular weight excluding hydrogens is 288 g/mol. The van der Waals surface area contributed by atoms with Crippen LogP contribution < -0.4 is 5.32 Å². The molecular formula is C19H26N2O2. The molecule has 1 atom stereocenters. The zero-order valence-electron chi connectivity index (χ0n) is 13.9. The van der Waals surface area contributed by atoms with E-state index < -0.39 is 0 Å². The second-order valence-electron chi connectivity index (χ2n) is 7.22. The van der Waals surface area contributed by atoms with Crippen molar-refractivity contribution in [3.63, 3.8) is 0 Å². The maximum atomic E-state index is 12.4. The molecule has 124 valence electrons. The summed E-state index contributed by atoms with van der Waals surface area (Å²) in [7, 11) is 0. The van der Waals surface area contributed by atoms with Crippen LogP contribution in [0.3, 0.4) is 0 Å². The van der Waals surface area contributed by atoms with Crippen LogP contribution >= 0.6 is 0 Å². The maximum Gasteiger partial charge on any atom is 0.248 e. The van der Waals surface area contributed by atoms with Crippen molar-refractivity contribution < 1.29 is 9.53 Å². The van der Waals surface area contributed by atoms with Crippen LogP contribution in [0.4, 0.5) is 0 Å². The highest BCUT2D eigenvalue weighted by Gasteiger charge is 2.29. The number of carbonyl (C=O) groups excluding carboxylic acids is 1. The van der Waals surface area contributed by atoms with E-state index >= 15 is 0 Å². The number of hydrogen-bond donors (Lipinski definition) is 1. The van der Waals surface area contributed by atoms with Crippen molar-refractivity contribution in [2.45, 2.75) is 57.7 Å². The highest BCUT2D eigenvalue weighted by Crippen LogP contribution is 2.32. The van der Waals surface area contributed by atoms with E-state index in [-0.39, 0.29) is 12.5 Å². The van der Waals surface area contributed by atoms with Crippen molar-refractivity contribution in [1.29, 1.82) is 0 Å². The van der Waals surface area contributed by atoms with E-state index in [1.165, 1.54) is 35.1 Å². The predicted octanol–water partition coefficient (Wildman–Crippen LogP) is 2.48. The zero-order chi connectivity index (χ0) is 15.8. The number of rotatable bonds is 4. The van der Waals surface area contributed by atoms with Gasteiger partial charge in [0.25, 0.3) is 0 Å². The van der Waals surface area contributed by atoms with E-state index in [0.717, 1.165) is 38.9 Å². The lowest BCUT2D eigenvalue weighted by Crippen LogP contribution is -2.39. The Morgan fingerprint density at radius 3 is 2.96 bits per heavy atom. The molecule has 2 aliphatic heterocycles. The highest BCUT2D eigenvalue weighted by atomic mass is 16.5. The molecule has 0 unspecified atom stereocenters. The SMILES string of the molecule is Cc1cc2c(c([C@@H]3CCCN3)c1)CN(C(=O)COC1CC1)CC2. The molecule has 1 aromatic rings. The number of nitrogens with zero attached hydrogens (tertiary/aromatic N) is 1. The first kappa shape index (κ1) is 15.2. The molecule has 1 aliphatic carbocycles. The Kier molecular flexibility index (Phi) is 4.12. The fourth-order valence-electron chi connectivity index (χ4n) is 3.85. The number of hydrogen-bond acceptors (Lipinski definition) is 3. The minimum absolute atomic E-state index is 0.147. The lowest BCUT2D eigenvalue weighted by Gasteiger charge is -2.32. The summed E-state index contributed by atoms with van der Waals surface area (Å²) in [5.41, 5.74) is 5.56. The molecule has 0 aromatic heterocycles. The van der Waals surface area contributed by atoms with E-state index in [0.29, 0.717) is 12.1 Å². The quantitative estimate of drug-likeness (QED) is 0.928. The summed E-state index contributed by atoms with van der Waals surface area (Å²) in [5, 5.41) is 3.61. The molecule has 4 nitrogen and oxygen atoms in total. The van der Waals surface area contributed by atoms with Gasteiger partial charge < -0.3 is 15.0 Å². The van der Waals surface area contributed by atoms with Crippen molar-refractivity contribution in [3.8, 4) is 0 Å². The third-order valence-corrected chi connectivity index (χ3v) is 5.28. The molecule has 1 aromatic carbocycles. The van der Waals surface area contributed by atoms with Gasteiger partial charge >= 0.3 is 0 Å². The Bertz CT molecular complexity index is 604. The number of amides is 1. The van der Waals surface area contributed by atoms with Crippen LogP contribution in [0.2, 0.25) is 0 Å². The number of ether oxygens (including phenoxy) is 1. The van der Waals surface area contributed by atoms with Gasteiger partial charge in [-0.15, -0.1) is 0 Å². The predicted molar refractivity (Wildman–Crippen MR) is 89.3 cm³/mol. The van der Waals surface area contributed by atoms with Gasteiger partial charge in [-0.1, -0.05) is 17.7 Å². The third-order valence-electron chi connectivity index (χ3n) is 5.28. The Balaban J connectivity index is 1.53. The molecule has 1 saturated carbocycles. The van der Waals surface area contributed by atoms with Crippen LogP contribution in [-0.4, -0.2) is 36.6 Å². The van der Waals surface area contributed by atoms with Crippen molar-refractivity contribution in [2.75, 3.05) is 19.7 Å². The van der Waals surface area contributed by atoms with Gasteiger partial charge in [0.15, 0.2) is 0 Å². The monoisotopic (exact) mass is 314 g/mol. The average Bonchev–Trinajstić information content (AvgIpc) is 3.23. The van der Waals surface area contributed by atoms with Crippen LogP contribution in [-0.2, 0) is 22.5 Å². The summed E-state index contributed by atoms with van der Waals surface area (Å²) in [6, 6.07) is 5.08. The minimum atomic E-state index is 0.147. The molecule has 1 saturated heterocycles. The van der Waals surface area contributed by atoms with E-state index in [9.17, 15) is 4.79 Å². The Morgan fingerprint density at radius 1 is 1.35 bits per heavy atom. The standard InChI is InChI=1S/C19H26N2O2/c1-13-9-14-6-8-21(19(22)12-23-15-4-5-15)11-17(14)16(10-13)18-3-2-7-20-18/h9-10,15,18,20H,2-8,11-12H2,1H3/t18-/m0/s1. The Morgan fingerprint density at radius 2 is 2.22 bits per heavy atom. The molecule has 23 heavy (non-hydrogen) atoms. The smallest absolute Gasteiger partial charge is 0.248 e. The van der Waals surface area contributed by atoms with Crippen molar-refractivity contribution >= 4 is 5.91 Å². The first-order valence-corrected chi connectivity index (χ1v) is 8.96. The summed E-state index contributed by atoms with van der Waals surface area (Å²) in [6.07, 6.45) is 5.99. The van der Waals surface area contributed by atoms with Gasteiger partial charge in [-0.3, -0.25) is 4.79 Å². The molecule has 0 spiro atoms. The van der Waals surface area contributed by atoms with Crippen LogP contribution in [0, 0.1) is 6.92 Å². The number of nitrogens with one attached hydrogen (secondary N) is 1. The normalized spacial score (nSPS) is 23.9. The van der Waals surface area contributed by atoms with Crippen LogP contribution in [0.25, 0.3) is 0 Å². The van der Waals surface area contributed by atoms with Crippen molar-refractivity contribution in [3.05, 3.63) is 34.4 Å². The van der Waals surface area contributed by atoms with Gasteiger partial charge in [-0.25, -0.2) is 0 Å². The average molecular weight is 314 g/mol. The van der Waals surface area contributed by atoms with E-state index in [4.69, 9.17) is 4.74 Å². The molecule has 2 fully saturated rings. The maximum absolute atomic E-state index is 12.4. The van der Waals surface area contributed by atoms with E-state index in [2.05, 4.69) is 24.4 Å². The molecule has 1 N–H and O–H groups in total. The lowest BCUT2D eigenvalue weighted by atomic mass is 9.89. The fraction of sp³-hybridized carbons (Fsp3) is 0.632. The molecule has 1 amide bonds. The van der Waals surface area contributed by atoms with Gasteiger partial charge in [0.2, 0.25) is 5.91 Å². The summed E-state index contributed by atoms with van der Waals surface area (Å²) >= 11 is 0. The van der Waals surface area contributed by atoms with Gasteiger partial charge in [0, 0.05) is 19.1 Å². The minimum Gasteiger partial charge on any atom is -0.368 e. The van der Waals surface area contributed by atoms with Gasteiger partial charge in [-0.2, -0.15) is 0 Å². The molecule has 0 radical (unpaired) electrons. The number of aryl methyl sites for hydroxylation is 1. The number of carbonyl (C=O) groups is 1. The van der Waals surface area contributed by atoms with E-state index in [1.807, 2.05) is 4.90 Å². The van der Waals surface area contributed by atoms with Crippen LogP contribution in [0.5, 0.6) is 0 Å². The Hall–Kier alpha value is -1.39. The molecule has 4 rings (SSSR count). The Labute approximate surface area is 138 Å². The topological polar surface area (TPSA) is 41.6 Å². The van der Waals surface area contributed by atoms with Gasteiger partial charge in [-0.05, 0) is 62.3 Å². The third kappa shape index (κ3) is 3.29. The van der Waals surface area contributed by atoms with Gasteiger partial charge in [0.1, 0.15) is 6.61 Å². The molecule has 2 heterocycles. The van der Waals surface area contributed by atoms with Crippen LogP contribution in [0.15, 0.2) is 12.1 Å². The second-order valence-corrected chi connectivity index (χ2v) is 7.22. The van der Waals surface area contributed by atoms with Gasteiger partial charge in [0.05, 0.1) is 6.10 Å². The second kappa shape index (κ2) is 6.25. The van der Waals surface area contributed by atoms with Crippen molar-refractivity contribution in [1.82, 2.24) is 10.2 Å². The highest BCUT2D eigenvalue weighted by molar-refractivity contribution is 5.78. The molecule has 3 aliphatic rings. The fourth-order valence-corrected chi connectivity index (χ4v) is 3.85. The summed E-state index contributed by atoms with van der Waals surface area (Å²) in [6.45, 7) is 5.10. The summed E-state index contributed by atoms with van der Waals surface area (Å²) in [4.78, 5) is 14.4. The largest absolute Gasteiger partial charge is 0.368 e. The first-order valence-electron chi connectivity index (χ1n) is 8.96. The summed E-state index contributed by atoms with van der Waals surface area (Å²) < 4.78 is 5.60.